The van der Waals surface area contributed by atoms with Crippen LogP contribution in [0.15, 0.2) is 91.3 Å². The van der Waals surface area contributed by atoms with Crippen LogP contribution in [-0.4, -0.2) is 94.3 Å². The van der Waals surface area contributed by atoms with Gasteiger partial charge in [-0.25, -0.2) is 9.97 Å². The maximum atomic E-state index is 13.1. The second kappa shape index (κ2) is 16.6. The zero-order valence-corrected chi connectivity index (χ0v) is 29.7. The fourth-order valence-corrected chi connectivity index (χ4v) is 7.43. The van der Waals surface area contributed by atoms with Gasteiger partial charge in [-0.1, -0.05) is 72.8 Å². The summed E-state index contributed by atoms with van der Waals surface area (Å²) in [6.07, 6.45) is -1.33. The van der Waals surface area contributed by atoms with Crippen LogP contribution in [0.2, 0.25) is 0 Å². The van der Waals surface area contributed by atoms with Crippen LogP contribution in [-0.2, 0) is 32.2 Å². The van der Waals surface area contributed by atoms with Crippen molar-refractivity contribution in [2.75, 3.05) is 44.2 Å². The number of aromatic nitrogens is 2. The summed E-state index contributed by atoms with van der Waals surface area (Å²) in [5.41, 5.74) is 5.18. The van der Waals surface area contributed by atoms with Gasteiger partial charge in [0.05, 0.1) is 18.8 Å². The lowest BCUT2D eigenvalue weighted by Gasteiger charge is -2.40. The average molecular weight is 745 g/mol. The number of ether oxygens (including phenoxy) is 2. The van der Waals surface area contributed by atoms with E-state index in [1.54, 1.807) is 12.4 Å². The first-order valence-electron chi connectivity index (χ1n) is 18.2. The summed E-state index contributed by atoms with van der Waals surface area (Å²) in [5, 5.41) is 12.3. The fourth-order valence-electron chi connectivity index (χ4n) is 7.43. The van der Waals surface area contributed by atoms with Gasteiger partial charge in [-0.3, -0.25) is 14.5 Å². The molecule has 54 heavy (non-hydrogen) atoms. The Balaban J connectivity index is 1.03. The van der Waals surface area contributed by atoms with E-state index in [0.717, 1.165) is 72.1 Å². The van der Waals surface area contributed by atoms with E-state index < -0.39 is 30.3 Å². The van der Waals surface area contributed by atoms with E-state index in [-0.39, 0.29) is 38.3 Å². The summed E-state index contributed by atoms with van der Waals surface area (Å²) in [7, 11) is 0. The van der Waals surface area contributed by atoms with Gasteiger partial charge in [-0.2, -0.15) is 13.2 Å². The molecular formula is C40H43F3N6O5. The number of aliphatic hydroxyl groups is 1. The number of hydrogen-bond acceptors (Lipinski definition) is 9. The maximum absolute atomic E-state index is 13.1. The zero-order valence-electron chi connectivity index (χ0n) is 29.7. The minimum absolute atomic E-state index is 0.0376. The van der Waals surface area contributed by atoms with Gasteiger partial charge in [-0.05, 0) is 46.7 Å². The molecule has 14 heteroatoms. The van der Waals surface area contributed by atoms with E-state index in [4.69, 9.17) is 9.47 Å². The van der Waals surface area contributed by atoms with Crippen LogP contribution in [0.5, 0.6) is 0 Å². The number of aliphatic hydroxyl groups excluding tert-OH is 1. The van der Waals surface area contributed by atoms with E-state index in [1.807, 2.05) is 78.9 Å². The number of hydrogen-bond donors (Lipinski definition) is 2. The number of benzene rings is 3. The lowest BCUT2D eigenvalue weighted by Crippen LogP contribution is -2.50. The van der Waals surface area contributed by atoms with Gasteiger partial charge in [-0.15, -0.1) is 0 Å². The zero-order chi connectivity index (χ0) is 37.7. The normalized spacial score (nSPS) is 22.3. The number of rotatable bonds is 10. The van der Waals surface area contributed by atoms with Gasteiger partial charge in [0.1, 0.15) is 6.04 Å². The Morgan fingerprint density at radius 1 is 0.852 bits per heavy atom. The van der Waals surface area contributed by atoms with Crippen molar-refractivity contribution in [3.8, 4) is 11.1 Å². The Morgan fingerprint density at radius 2 is 1.56 bits per heavy atom. The molecule has 3 saturated heterocycles. The van der Waals surface area contributed by atoms with Crippen LogP contribution in [0, 0.1) is 0 Å². The van der Waals surface area contributed by atoms with Crippen molar-refractivity contribution in [1.29, 1.82) is 0 Å². The van der Waals surface area contributed by atoms with Crippen molar-refractivity contribution in [2.24, 2.45) is 0 Å². The van der Waals surface area contributed by atoms with Crippen molar-refractivity contribution in [2.45, 2.75) is 63.1 Å². The summed E-state index contributed by atoms with van der Waals surface area (Å²) < 4.78 is 52.6. The molecule has 2 amide bonds. The number of nitrogens with one attached hydrogen (secondary N) is 1. The van der Waals surface area contributed by atoms with Crippen molar-refractivity contribution >= 4 is 17.8 Å². The molecule has 4 aromatic rings. The number of halogens is 3. The molecule has 4 heterocycles. The molecule has 3 aliphatic heterocycles. The lowest BCUT2D eigenvalue weighted by atomic mass is 9.97. The van der Waals surface area contributed by atoms with Gasteiger partial charge in [0.25, 0.3) is 0 Å². The number of anilines is 1. The smallest absolute Gasteiger partial charge is 0.392 e. The molecule has 0 aliphatic carbocycles. The van der Waals surface area contributed by atoms with Crippen LogP contribution in [0.25, 0.3) is 11.1 Å². The highest BCUT2D eigenvalue weighted by Gasteiger charge is 2.47. The molecule has 0 saturated carbocycles. The minimum Gasteiger partial charge on any atom is -0.392 e. The third-order valence-electron chi connectivity index (χ3n) is 10.3. The highest BCUT2D eigenvalue weighted by Crippen LogP contribution is 2.39. The molecule has 4 atom stereocenters. The Bertz CT molecular complexity index is 1870. The van der Waals surface area contributed by atoms with Gasteiger partial charge < -0.3 is 29.7 Å². The Kier molecular flexibility index (Phi) is 11.5. The standard InChI is InChI=1S/C40H43F3N6O5/c41-40(42,43)38(52)49-18-3-7-34(49)36(51)46-24-31-5-1-2-6-33(31)28-12-14-30(15-13-28)37-53-32(23-35(54-37)29-10-8-27(26-50)9-11-29)25-47-19-21-48(22-20-47)39-44-16-4-17-45-39/h1-2,4-6,8-17,32,34-35,37,50H,3,7,18-26H2,(H,46,51)/t32-,34+,35+,37+/m1/s1. The first-order valence-corrected chi connectivity index (χ1v) is 18.2. The van der Waals surface area contributed by atoms with Crippen molar-refractivity contribution < 1.29 is 37.3 Å². The van der Waals surface area contributed by atoms with Gasteiger partial charge >= 0.3 is 12.1 Å². The van der Waals surface area contributed by atoms with E-state index >= 15 is 0 Å². The predicted octanol–water partition coefficient (Wildman–Crippen LogP) is 5.17. The number of nitrogens with zero attached hydrogens (tertiary/aromatic N) is 5. The molecule has 0 bridgehead atoms. The molecule has 3 aliphatic rings. The van der Waals surface area contributed by atoms with E-state index in [0.29, 0.717) is 17.7 Å². The Hall–Kier alpha value is -4.89. The monoisotopic (exact) mass is 744 g/mol. The summed E-state index contributed by atoms with van der Waals surface area (Å²) >= 11 is 0. The summed E-state index contributed by atoms with van der Waals surface area (Å²) in [4.78, 5) is 38.9. The largest absolute Gasteiger partial charge is 0.471 e. The van der Waals surface area contributed by atoms with Crippen LogP contribution < -0.4 is 10.2 Å². The summed E-state index contributed by atoms with van der Waals surface area (Å²) in [6, 6.07) is 23.8. The average Bonchev–Trinajstić information content (AvgIpc) is 3.70. The maximum Gasteiger partial charge on any atom is 0.471 e. The van der Waals surface area contributed by atoms with Gasteiger partial charge in [0, 0.05) is 70.2 Å². The molecule has 3 fully saturated rings. The molecule has 284 valence electrons. The molecule has 2 N–H and O–H groups in total. The Morgan fingerprint density at radius 3 is 2.26 bits per heavy atom. The first kappa shape index (κ1) is 37.4. The molecule has 3 aromatic carbocycles. The number of piperazine rings is 1. The Labute approximate surface area is 311 Å². The molecule has 0 unspecified atom stereocenters. The molecule has 0 radical (unpaired) electrons. The second-order valence-electron chi connectivity index (χ2n) is 13.8. The molecule has 7 rings (SSSR count). The summed E-state index contributed by atoms with van der Waals surface area (Å²) in [6.45, 7) is 3.99. The fraction of sp³-hybridized carbons (Fsp3) is 0.400. The topological polar surface area (TPSA) is 120 Å². The van der Waals surface area contributed by atoms with Crippen LogP contribution in [0.3, 0.4) is 0 Å². The van der Waals surface area contributed by atoms with Crippen LogP contribution in [0.1, 0.15) is 53.9 Å². The predicted molar refractivity (Wildman–Crippen MR) is 194 cm³/mol. The lowest BCUT2D eigenvalue weighted by molar-refractivity contribution is -0.253. The van der Waals surface area contributed by atoms with Crippen molar-refractivity contribution in [1.82, 2.24) is 25.1 Å². The summed E-state index contributed by atoms with van der Waals surface area (Å²) in [5.74, 6) is -1.86. The molecule has 1 aromatic heterocycles. The van der Waals surface area contributed by atoms with Crippen molar-refractivity contribution in [3.05, 3.63) is 114 Å². The highest BCUT2D eigenvalue weighted by molar-refractivity contribution is 5.90. The van der Waals surface area contributed by atoms with Gasteiger partial charge in [0.2, 0.25) is 11.9 Å². The second-order valence-corrected chi connectivity index (χ2v) is 13.8. The quantitative estimate of drug-likeness (QED) is 0.227. The van der Waals surface area contributed by atoms with Gasteiger partial charge in [0.15, 0.2) is 6.29 Å². The number of carbonyl (C=O) groups is 2. The SMILES string of the molecule is O=C(NCc1ccccc1-c1ccc([C@H]2O[C@@H](CN3CCN(c4ncccn4)CC3)C[C@@H](c3ccc(CO)cc3)O2)cc1)[C@@H]1CCCN1C(=O)C(F)(F)F. The van der Waals surface area contributed by atoms with E-state index in [9.17, 15) is 27.9 Å². The van der Waals surface area contributed by atoms with E-state index in [1.165, 1.54) is 0 Å². The van der Waals surface area contributed by atoms with E-state index in [2.05, 4.69) is 25.1 Å². The van der Waals surface area contributed by atoms with Crippen LogP contribution in [0.4, 0.5) is 19.1 Å². The minimum atomic E-state index is -5.03. The number of amides is 2. The van der Waals surface area contributed by atoms with Crippen LogP contribution >= 0.6 is 0 Å². The molecule has 11 nitrogen and oxygen atoms in total. The third-order valence-corrected chi connectivity index (χ3v) is 10.3. The number of likely N-dealkylation sites (tertiary alicyclic amines) is 1. The third kappa shape index (κ3) is 8.73. The molecular weight excluding hydrogens is 701 g/mol. The highest BCUT2D eigenvalue weighted by atomic mass is 19.4. The number of alkyl halides is 3. The van der Waals surface area contributed by atoms with Crippen molar-refractivity contribution in [3.63, 3.8) is 0 Å². The number of carbonyl (C=O) groups excluding carboxylic acids is 2. The first-order chi connectivity index (χ1) is 26.2. The molecule has 0 spiro atoms.